The van der Waals surface area contributed by atoms with Crippen LogP contribution in [0.5, 0.6) is 17.2 Å². The summed E-state index contributed by atoms with van der Waals surface area (Å²) in [6, 6.07) is 10.9. The number of ether oxygens (including phenoxy) is 2. The first kappa shape index (κ1) is 21.5. The third-order valence-electron chi connectivity index (χ3n) is 5.04. The van der Waals surface area contributed by atoms with Gasteiger partial charge < -0.3 is 19.4 Å². The Morgan fingerprint density at radius 1 is 0.971 bits per heavy atom. The molecule has 172 valence electrons. The van der Waals surface area contributed by atoms with Gasteiger partial charge in [0.1, 0.15) is 23.1 Å². The second-order valence-corrected chi connectivity index (χ2v) is 9.39. The van der Waals surface area contributed by atoms with Gasteiger partial charge in [-0.05, 0) is 24.3 Å². The number of anilines is 2. The zero-order valence-corrected chi connectivity index (χ0v) is 19.2. The molecule has 0 unspecified atom stereocenters. The van der Waals surface area contributed by atoms with Crippen molar-refractivity contribution in [2.24, 2.45) is 7.05 Å². The molecule has 11 nitrogen and oxygen atoms in total. The van der Waals surface area contributed by atoms with Gasteiger partial charge in [0.05, 0.1) is 30.7 Å². The highest BCUT2D eigenvalue weighted by Crippen LogP contribution is 2.35. The van der Waals surface area contributed by atoms with Crippen LogP contribution >= 0.6 is 0 Å². The quantitative estimate of drug-likeness (QED) is 0.363. The molecule has 0 radical (unpaired) electrons. The van der Waals surface area contributed by atoms with Gasteiger partial charge >= 0.3 is 0 Å². The van der Waals surface area contributed by atoms with Crippen LogP contribution in [0.25, 0.3) is 22.1 Å². The van der Waals surface area contributed by atoms with Crippen LogP contribution < -0.4 is 14.8 Å². The highest BCUT2D eigenvalue weighted by atomic mass is 32.2. The molecule has 0 amide bonds. The van der Waals surface area contributed by atoms with Crippen LogP contribution in [0.3, 0.4) is 0 Å². The molecule has 3 aromatic heterocycles. The standard InChI is InChI=1S/C22H19N7O4S/c1-29-12-26-15-9-14(5-6-17(15)29)33-18-7-4-13(8-19(18)32-2)27-21-20-16(24-11-25-21)10-23-22(28-20)34(3,30)31/h4-12H,1-3H3,(H,24,25,27). The van der Waals surface area contributed by atoms with Crippen LogP contribution in [0.2, 0.25) is 0 Å². The number of methoxy groups -OCH3 is 1. The summed E-state index contributed by atoms with van der Waals surface area (Å²) in [6.45, 7) is 0. The van der Waals surface area contributed by atoms with Crippen molar-refractivity contribution in [2.75, 3.05) is 18.7 Å². The van der Waals surface area contributed by atoms with Crippen molar-refractivity contribution in [2.45, 2.75) is 5.16 Å². The van der Waals surface area contributed by atoms with Gasteiger partial charge in [0.15, 0.2) is 17.3 Å². The van der Waals surface area contributed by atoms with Crippen LogP contribution in [0.1, 0.15) is 0 Å². The van der Waals surface area contributed by atoms with E-state index in [1.165, 1.54) is 12.5 Å². The van der Waals surface area contributed by atoms with Gasteiger partial charge in [0.2, 0.25) is 15.0 Å². The summed E-state index contributed by atoms with van der Waals surface area (Å²) in [5.41, 5.74) is 3.13. The highest BCUT2D eigenvalue weighted by molar-refractivity contribution is 7.90. The largest absolute Gasteiger partial charge is 0.493 e. The first-order valence-electron chi connectivity index (χ1n) is 10.0. The van der Waals surface area contributed by atoms with Crippen molar-refractivity contribution in [1.82, 2.24) is 29.5 Å². The minimum atomic E-state index is -3.59. The summed E-state index contributed by atoms with van der Waals surface area (Å²) in [6.07, 6.45) is 5.48. The molecule has 5 rings (SSSR count). The lowest BCUT2D eigenvalue weighted by molar-refractivity contribution is 0.379. The number of hydrogen-bond donors (Lipinski definition) is 1. The molecule has 0 aliphatic rings. The van der Waals surface area contributed by atoms with E-state index < -0.39 is 9.84 Å². The van der Waals surface area contributed by atoms with Crippen molar-refractivity contribution in [1.29, 1.82) is 0 Å². The maximum atomic E-state index is 11.9. The average Bonchev–Trinajstić information content (AvgIpc) is 3.19. The van der Waals surface area contributed by atoms with Crippen LogP contribution in [0.15, 0.2) is 60.4 Å². The number of nitrogens with one attached hydrogen (secondary N) is 1. The second-order valence-electron chi connectivity index (χ2n) is 7.48. The third-order valence-corrected chi connectivity index (χ3v) is 5.90. The lowest BCUT2D eigenvalue weighted by Gasteiger charge is -2.13. The number of imidazole rings is 1. The van der Waals surface area contributed by atoms with E-state index in [1.807, 2.05) is 29.8 Å². The SMILES string of the molecule is COc1cc(Nc2ncnc3cnc(S(C)(=O)=O)nc23)ccc1Oc1ccc2c(c1)ncn2C. The third kappa shape index (κ3) is 4.06. The Kier molecular flexibility index (Phi) is 5.21. The molecule has 0 spiro atoms. The second kappa shape index (κ2) is 8.23. The van der Waals surface area contributed by atoms with Crippen molar-refractivity contribution >= 4 is 43.4 Å². The Morgan fingerprint density at radius 3 is 2.62 bits per heavy atom. The Balaban J connectivity index is 1.45. The number of benzene rings is 2. The number of rotatable bonds is 6. The van der Waals surface area contributed by atoms with E-state index in [1.54, 1.807) is 31.6 Å². The molecular formula is C22H19N7O4S. The van der Waals surface area contributed by atoms with Crippen molar-refractivity contribution < 1.29 is 17.9 Å². The number of nitrogens with zero attached hydrogens (tertiary/aromatic N) is 6. The first-order valence-corrected chi connectivity index (χ1v) is 11.9. The first-order chi connectivity index (χ1) is 16.3. The smallest absolute Gasteiger partial charge is 0.247 e. The van der Waals surface area contributed by atoms with Crippen molar-refractivity contribution in [3.63, 3.8) is 0 Å². The summed E-state index contributed by atoms with van der Waals surface area (Å²) in [7, 11) is -0.119. The molecule has 0 bridgehead atoms. The molecule has 0 saturated heterocycles. The lowest BCUT2D eigenvalue weighted by atomic mass is 10.2. The summed E-state index contributed by atoms with van der Waals surface area (Å²) >= 11 is 0. The Labute approximate surface area is 194 Å². The predicted octanol–water partition coefficient (Wildman–Crippen LogP) is 3.25. The zero-order chi connectivity index (χ0) is 23.9. The van der Waals surface area contributed by atoms with Crippen LogP contribution in [0.4, 0.5) is 11.5 Å². The molecule has 34 heavy (non-hydrogen) atoms. The monoisotopic (exact) mass is 477 g/mol. The fourth-order valence-corrected chi connectivity index (χ4v) is 3.88. The average molecular weight is 478 g/mol. The summed E-state index contributed by atoms with van der Waals surface area (Å²) in [4.78, 5) is 20.7. The number of sulfone groups is 1. The number of aryl methyl sites for hydroxylation is 1. The summed E-state index contributed by atoms with van der Waals surface area (Å²) < 4.78 is 37.2. The predicted molar refractivity (Wildman–Crippen MR) is 125 cm³/mol. The minimum Gasteiger partial charge on any atom is -0.493 e. The maximum absolute atomic E-state index is 11.9. The molecular weight excluding hydrogens is 458 g/mol. The van der Waals surface area contributed by atoms with E-state index in [-0.39, 0.29) is 10.7 Å². The Hall–Kier alpha value is -4.32. The van der Waals surface area contributed by atoms with E-state index in [0.717, 1.165) is 17.3 Å². The van der Waals surface area contributed by atoms with Gasteiger partial charge in [-0.3, -0.25) is 0 Å². The Bertz CT molecular complexity index is 1650. The van der Waals surface area contributed by atoms with E-state index >= 15 is 0 Å². The molecule has 0 atom stereocenters. The molecule has 2 aromatic carbocycles. The summed E-state index contributed by atoms with van der Waals surface area (Å²) in [5, 5.41) is 2.83. The Morgan fingerprint density at radius 2 is 1.82 bits per heavy atom. The minimum absolute atomic E-state index is 0.279. The van der Waals surface area contributed by atoms with Crippen molar-refractivity contribution in [3.8, 4) is 17.2 Å². The number of aromatic nitrogens is 6. The zero-order valence-electron chi connectivity index (χ0n) is 18.4. The van der Waals surface area contributed by atoms with Gasteiger partial charge in [-0.25, -0.2) is 33.3 Å². The van der Waals surface area contributed by atoms with Gasteiger partial charge in [-0.15, -0.1) is 0 Å². The molecule has 5 aromatic rings. The van der Waals surface area contributed by atoms with Crippen molar-refractivity contribution in [3.05, 3.63) is 55.2 Å². The van der Waals surface area contributed by atoms with Gasteiger partial charge in [0, 0.05) is 31.1 Å². The maximum Gasteiger partial charge on any atom is 0.247 e. The molecule has 0 aliphatic carbocycles. The van der Waals surface area contributed by atoms with Crippen LogP contribution in [-0.4, -0.2) is 51.3 Å². The van der Waals surface area contributed by atoms with Gasteiger partial charge in [0.25, 0.3) is 0 Å². The molecule has 1 N–H and O–H groups in total. The lowest BCUT2D eigenvalue weighted by Crippen LogP contribution is -2.06. The highest BCUT2D eigenvalue weighted by Gasteiger charge is 2.15. The molecule has 0 aliphatic heterocycles. The van der Waals surface area contributed by atoms with E-state index in [2.05, 4.69) is 30.2 Å². The fourth-order valence-electron chi connectivity index (χ4n) is 3.38. The number of fused-ring (bicyclic) bond motifs is 2. The fraction of sp³-hybridized carbons (Fsp3) is 0.136. The molecule has 3 heterocycles. The molecule has 12 heteroatoms. The van der Waals surface area contributed by atoms with Crippen LogP contribution in [0, 0.1) is 0 Å². The summed E-state index contributed by atoms with van der Waals surface area (Å²) in [5.74, 6) is 1.94. The van der Waals surface area contributed by atoms with Gasteiger partial charge in [-0.2, -0.15) is 0 Å². The number of hydrogen-bond acceptors (Lipinski definition) is 10. The topological polar surface area (TPSA) is 134 Å². The van der Waals surface area contributed by atoms with Crippen LogP contribution in [-0.2, 0) is 16.9 Å². The molecule has 0 fully saturated rings. The van der Waals surface area contributed by atoms with E-state index in [4.69, 9.17) is 9.47 Å². The normalized spacial score (nSPS) is 11.6. The van der Waals surface area contributed by atoms with Gasteiger partial charge in [-0.1, -0.05) is 0 Å². The van der Waals surface area contributed by atoms with E-state index in [9.17, 15) is 8.42 Å². The molecule has 0 saturated carbocycles. The van der Waals surface area contributed by atoms with E-state index in [0.29, 0.717) is 34.3 Å².